The Hall–Kier alpha value is -2.21. The van der Waals surface area contributed by atoms with E-state index in [4.69, 9.17) is 4.74 Å². The number of amides is 1. The molecule has 6 nitrogen and oxygen atoms in total. The van der Waals surface area contributed by atoms with Crippen LogP contribution < -0.4 is 5.32 Å². The van der Waals surface area contributed by atoms with E-state index in [1.807, 2.05) is 24.3 Å². The number of anilines is 1. The van der Waals surface area contributed by atoms with Crippen LogP contribution in [0.4, 0.5) is 5.69 Å². The molecule has 0 aliphatic rings. The number of nitrogens with zero attached hydrogens (tertiary/aromatic N) is 3. The maximum absolute atomic E-state index is 11.6. The van der Waals surface area contributed by atoms with Gasteiger partial charge in [0.1, 0.15) is 18.8 Å². The van der Waals surface area contributed by atoms with E-state index in [-0.39, 0.29) is 5.91 Å². The summed E-state index contributed by atoms with van der Waals surface area (Å²) in [6.45, 7) is 2.36. The summed E-state index contributed by atoms with van der Waals surface area (Å²) in [5.41, 5.74) is 1.83. The molecule has 1 amide bonds. The summed E-state index contributed by atoms with van der Waals surface area (Å²) in [5, 5.41) is 6.82. The molecule has 100 valence electrons. The summed E-state index contributed by atoms with van der Waals surface area (Å²) in [7, 11) is 1.51. The summed E-state index contributed by atoms with van der Waals surface area (Å²) >= 11 is 0. The number of benzene rings is 1. The first-order chi connectivity index (χ1) is 9.19. The molecule has 1 aromatic heterocycles. The molecular formula is C13H16N4O2. The second kappa shape index (κ2) is 6.10. The van der Waals surface area contributed by atoms with Gasteiger partial charge in [0, 0.05) is 12.8 Å². The summed E-state index contributed by atoms with van der Waals surface area (Å²) in [4.78, 5) is 15.5. The predicted octanol–water partition coefficient (Wildman–Crippen LogP) is 1.30. The molecule has 1 heterocycles. The Balaban J connectivity index is 1.96. The van der Waals surface area contributed by atoms with Crippen molar-refractivity contribution in [3.8, 4) is 0 Å². The normalized spacial score (nSPS) is 12.1. The molecule has 0 bridgehead atoms. The Morgan fingerprint density at radius 2 is 2.16 bits per heavy atom. The van der Waals surface area contributed by atoms with Crippen molar-refractivity contribution in [3.63, 3.8) is 0 Å². The van der Waals surface area contributed by atoms with Gasteiger partial charge in [0.15, 0.2) is 0 Å². The third-order valence-corrected chi connectivity index (χ3v) is 2.76. The number of hydrogen-bond donors (Lipinski definition) is 1. The number of carbonyl (C=O) groups excluding carboxylic acids is 1. The van der Waals surface area contributed by atoms with Crippen molar-refractivity contribution in [2.75, 3.05) is 12.4 Å². The average Bonchev–Trinajstić information content (AvgIpc) is 2.93. The van der Waals surface area contributed by atoms with Crippen LogP contribution in [0.15, 0.2) is 36.9 Å². The third kappa shape index (κ3) is 3.62. The number of aromatic nitrogens is 3. The van der Waals surface area contributed by atoms with E-state index >= 15 is 0 Å². The van der Waals surface area contributed by atoms with Crippen LogP contribution in [0.5, 0.6) is 0 Å². The van der Waals surface area contributed by atoms with Crippen molar-refractivity contribution in [1.29, 1.82) is 0 Å². The molecule has 0 aliphatic heterocycles. The zero-order valence-electron chi connectivity index (χ0n) is 10.9. The van der Waals surface area contributed by atoms with Crippen LogP contribution in [-0.4, -0.2) is 33.9 Å². The highest BCUT2D eigenvalue weighted by Crippen LogP contribution is 2.11. The van der Waals surface area contributed by atoms with Crippen LogP contribution in [0, 0.1) is 0 Å². The Bertz CT molecular complexity index is 522. The molecule has 0 fully saturated rings. The zero-order valence-corrected chi connectivity index (χ0v) is 10.9. The van der Waals surface area contributed by atoms with Gasteiger partial charge in [-0.15, -0.1) is 0 Å². The molecule has 0 saturated carbocycles. The number of rotatable bonds is 5. The van der Waals surface area contributed by atoms with E-state index in [1.165, 1.54) is 13.4 Å². The Labute approximate surface area is 111 Å². The van der Waals surface area contributed by atoms with Crippen molar-refractivity contribution in [2.45, 2.75) is 19.6 Å². The van der Waals surface area contributed by atoms with Crippen LogP contribution in [0.3, 0.4) is 0 Å². The van der Waals surface area contributed by atoms with Crippen LogP contribution in [0.2, 0.25) is 0 Å². The summed E-state index contributed by atoms with van der Waals surface area (Å²) in [5.74, 6) is -0.161. The largest absolute Gasteiger partial charge is 0.372 e. The molecule has 19 heavy (non-hydrogen) atoms. The first kappa shape index (κ1) is 13.2. The molecule has 1 atom stereocenters. The van der Waals surface area contributed by atoms with Crippen molar-refractivity contribution < 1.29 is 9.53 Å². The minimum Gasteiger partial charge on any atom is -0.372 e. The molecule has 0 saturated heterocycles. The van der Waals surface area contributed by atoms with Gasteiger partial charge in [-0.2, -0.15) is 5.10 Å². The molecule has 1 aromatic carbocycles. The minimum absolute atomic E-state index is 0.161. The van der Waals surface area contributed by atoms with Gasteiger partial charge in [0.05, 0.1) is 6.54 Å². The summed E-state index contributed by atoms with van der Waals surface area (Å²) in [6.07, 6.45) is 2.70. The first-order valence-corrected chi connectivity index (χ1v) is 5.94. The molecule has 1 unspecified atom stereocenters. The SMILES string of the molecule is COC(C)C(=O)Nc1ccc(Cn2cncn2)cc1. The monoisotopic (exact) mass is 260 g/mol. The Morgan fingerprint density at radius 1 is 1.42 bits per heavy atom. The lowest BCUT2D eigenvalue weighted by atomic mass is 10.2. The van der Waals surface area contributed by atoms with E-state index in [1.54, 1.807) is 17.9 Å². The maximum atomic E-state index is 11.6. The maximum Gasteiger partial charge on any atom is 0.253 e. The summed E-state index contributed by atoms with van der Waals surface area (Å²) < 4.78 is 6.68. The fraction of sp³-hybridized carbons (Fsp3) is 0.308. The molecule has 0 spiro atoms. The van der Waals surface area contributed by atoms with Crippen molar-refractivity contribution in [2.24, 2.45) is 0 Å². The van der Waals surface area contributed by atoms with E-state index in [2.05, 4.69) is 15.4 Å². The molecule has 2 rings (SSSR count). The Morgan fingerprint density at radius 3 is 2.74 bits per heavy atom. The minimum atomic E-state index is -0.463. The summed E-state index contributed by atoms with van der Waals surface area (Å²) in [6, 6.07) is 7.59. The molecule has 0 radical (unpaired) electrons. The zero-order chi connectivity index (χ0) is 13.7. The lowest BCUT2D eigenvalue weighted by Crippen LogP contribution is -2.26. The van der Waals surface area contributed by atoms with Gasteiger partial charge in [-0.25, -0.2) is 9.67 Å². The standard InChI is InChI=1S/C13H16N4O2/c1-10(19-2)13(18)16-12-5-3-11(4-6-12)7-17-9-14-8-15-17/h3-6,8-10H,7H2,1-2H3,(H,16,18). The van der Waals surface area contributed by atoms with Crippen molar-refractivity contribution in [3.05, 3.63) is 42.5 Å². The van der Waals surface area contributed by atoms with Crippen LogP contribution in [-0.2, 0) is 16.1 Å². The van der Waals surface area contributed by atoms with Gasteiger partial charge in [0.2, 0.25) is 0 Å². The number of methoxy groups -OCH3 is 1. The Kier molecular flexibility index (Phi) is 4.25. The topological polar surface area (TPSA) is 69.0 Å². The fourth-order valence-electron chi connectivity index (χ4n) is 1.55. The van der Waals surface area contributed by atoms with E-state index in [0.29, 0.717) is 6.54 Å². The average molecular weight is 260 g/mol. The highest BCUT2D eigenvalue weighted by atomic mass is 16.5. The van der Waals surface area contributed by atoms with Crippen LogP contribution in [0.25, 0.3) is 0 Å². The fourth-order valence-corrected chi connectivity index (χ4v) is 1.55. The van der Waals surface area contributed by atoms with Crippen molar-refractivity contribution >= 4 is 11.6 Å². The van der Waals surface area contributed by atoms with Gasteiger partial charge < -0.3 is 10.1 Å². The van der Waals surface area contributed by atoms with Gasteiger partial charge in [-0.1, -0.05) is 12.1 Å². The molecule has 6 heteroatoms. The van der Waals surface area contributed by atoms with E-state index in [9.17, 15) is 4.79 Å². The smallest absolute Gasteiger partial charge is 0.253 e. The molecule has 1 N–H and O–H groups in total. The number of hydrogen-bond acceptors (Lipinski definition) is 4. The molecule has 2 aromatic rings. The number of ether oxygens (including phenoxy) is 1. The van der Waals surface area contributed by atoms with Crippen LogP contribution >= 0.6 is 0 Å². The van der Waals surface area contributed by atoms with Gasteiger partial charge in [0.25, 0.3) is 5.91 Å². The van der Waals surface area contributed by atoms with Gasteiger partial charge in [-0.05, 0) is 24.6 Å². The van der Waals surface area contributed by atoms with Crippen molar-refractivity contribution in [1.82, 2.24) is 14.8 Å². The molecule has 0 aliphatic carbocycles. The second-order valence-corrected chi connectivity index (χ2v) is 4.16. The van der Waals surface area contributed by atoms with E-state index in [0.717, 1.165) is 11.3 Å². The molecular weight excluding hydrogens is 244 g/mol. The van der Waals surface area contributed by atoms with Gasteiger partial charge in [-0.3, -0.25) is 4.79 Å². The predicted molar refractivity (Wildman–Crippen MR) is 70.7 cm³/mol. The highest BCUT2D eigenvalue weighted by molar-refractivity contribution is 5.93. The van der Waals surface area contributed by atoms with Crippen LogP contribution in [0.1, 0.15) is 12.5 Å². The second-order valence-electron chi connectivity index (χ2n) is 4.16. The third-order valence-electron chi connectivity index (χ3n) is 2.76. The van der Waals surface area contributed by atoms with Gasteiger partial charge >= 0.3 is 0 Å². The lowest BCUT2D eigenvalue weighted by Gasteiger charge is -2.10. The number of nitrogens with one attached hydrogen (secondary N) is 1. The first-order valence-electron chi connectivity index (χ1n) is 5.94. The highest BCUT2D eigenvalue weighted by Gasteiger charge is 2.11. The lowest BCUT2D eigenvalue weighted by molar-refractivity contribution is -0.124. The van der Waals surface area contributed by atoms with E-state index < -0.39 is 6.10 Å². The quantitative estimate of drug-likeness (QED) is 0.879. The number of carbonyl (C=O) groups is 1.